The summed E-state index contributed by atoms with van der Waals surface area (Å²) in [4.78, 5) is 11.3. The summed E-state index contributed by atoms with van der Waals surface area (Å²) in [6, 6.07) is 10.1. The third kappa shape index (κ3) is 3.07. The average Bonchev–Trinajstić information content (AvgIpc) is 2.18. The van der Waals surface area contributed by atoms with Gasteiger partial charge >= 0.3 is 0 Å². The summed E-state index contributed by atoms with van der Waals surface area (Å²) in [7, 11) is 0. The van der Waals surface area contributed by atoms with Gasteiger partial charge in [0.2, 0.25) is 5.91 Å². The Kier molecular flexibility index (Phi) is 3.77. The van der Waals surface area contributed by atoms with E-state index >= 15 is 0 Å². The lowest BCUT2D eigenvalue weighted by Gasteiger charge is -2.07. The predicted octanol–water partition coefficient (Wildman–Crippen LogP) is 2.44. The molecule has 1 aromatic carbocycles. The van der Waals surface area contributed by atoms with E-state index in [4.69, 9.17) is 11.6 Å². The zero-order chi connectivity index (χ0) is 9.68. The van der Waals surface area contributed by atoms with E-state index in [1.54, 1.807) is 12.1 Å². The van der Waals surface area contributed by atoms with E-state index in [2.05, 4.69) is 11.4 Å². The summed E-state index contributed by atoms with van der Waals surface area (Å²) >= 11 is 5.74. The number of carbonyl (C=O) groups excluding carboxylic acids is 1. The van der Waals surface area contributed by atoms with Crippen molar-refractivity contribution in [3.63, 3.8) is 0 Å². The van der Waals surface area contributed by atoms with Gasteiger partial charge in [0.05, 0.1) is 0 Å². The third-order valence-electron chi connectivity index (χ3n) is 1.61. The fraction of sp³-hybridized carbons (Fsp3) is 0.300. The third-order valence-corrected chi connectivity index (χ3v) is 2.12. The zero-order valence-electron chi connectivity index (χ0n) is 7.38. The molecule has 0 aliphatic heterocycles. The van der Waals surface area contributed by atoms with Gasteiger partial charge in [0.25, 0.3) is 0 Å². The summed E-state index contributed by atoms with van der Waals surface area (Å²) in [5.74, 6) is -0.174. The molecule has 0 saturated heterocycles. The maximum Gasteiger partial charge on any atom is 0.242 e. The monoisotopic (exact) mass is 196 g/mol. The van der Waals surface area contributed by atoms with Gasteiger partial charge in [-0.25, -0.2) is 0 Å². The van der Waals surface area contributed by atoms with Crippen molar-refractivity contribution < 1.29 is 4.79 Å². The maximum absolute atomic E-state index is 11.3. The average molecular weight is 197 g/mol. The second-order valence-corrected chi connectivity index (χ2v) is 3.17. The van der Waals surface area contributed by atoms with Gasteiger partial charge in [0.1, 0.15) is 5.38 Å². The highest BCUT2D eigenvalue weighted by molar-refractivity contribution is 6.32. The highest BCUT2D eigenvalue weighted by Gasteiger charge is 2.11. The van der Waals surface area contributed by atoms with Crippen LogP contribution in [0.15, 0.2) is 24.3 Å². The van der Waals surface area contributed by atoms with Crippen molar-refractivity contribution in [2.75, 3.05) is 5.32 Å². The second-order valence-electron chi connectivity index (χ2n) is 2.64. The SMILES string of the molecule is CCC(Cl)C(=O)Nc1[c]cccc1. The molecule has 0 aliphatic rings. The van der Waals surface area contributed by atoms with Crippen molar-refractivity contribution in [3.8, 4) is 0 Å². The summed E-state index contributed by atoms with van der Waals surface area (Å²) in [6.07, 6.45) is 0.625. The Morgan fingerprint density at radius 3 is 3.00 bits per heavy atom. The number of anilines is 1. The zero-order valence-corrected chi connectivity index (χ0v) is 8.14. The van der Waals surface area contributed by atoms with Gasteiger partial charge in [0.15, 0.2) is 0 Å². The molecule has 0 saturated carbocycles. The molecule has 0 aromatic heterocycles. The number of nitrogens with one attached hydrogen (secondary N) is 1. The van der Waals surface area contributed by atoms with Crippen LogP contribution in [0.25, 0.3) is 0 Å². The van der Waals surface area contributed by atoms with Gasteiger partial charge in [-0.3, -0.25) is 4.79 Å². The molecule has 1 unspecified atom stereocenters. The Balaban J connectivity index is 2.55. The predicted molar refractivity (Wildman–Crippen MR) is 53.8 cm³/mol. The molecule has 0 spiro atoms. The number of halogens is 1. The number of carbonyl (C=O) groups is 1. The number of hydrogen-bond acceptors (Lipinski definition) is 1. The highest BCUT2D eigenvalue weighted by Crippen LogP contribution is 2.08. The van der Waals surface area contributed by atoms with Crippen LogP contribution in [0.1, 0.15) is 13.3 Å². The van der Waals surface area contributed by atoms with Crippen molar-refractivity contribution in [1.29, 1.82) is 0 Å². The molecule has 1 N–H and O–H groups in total. The van der Waals surface area contributed by atoms with Crippen molar-refractivity contribution in [2.45, 2.75) is 18.7 Å². The molecule has 1 aromatic rings. The van der Waals surface area contributed by atoms with Crippen molar-refractivity contribution >= 4 is 23.2 Å². The lowest BCUT2D eigenvalue weighted by atomic mass is 10.3. The van der Waals surface area contributed by atoms with E-state index in [1.165, 1.54) is 0 Å². The van der Waals surface area contributed by atoms with Crippen LogP contribution in [-0.4, -0.2) is 11.3 Å². The van der Waals surface area contributed by atoms with Crippen LogP contribution in [0.3, 0.4) is 0 Å². The maximum atomic E-state index is 11.3. The molecule has 1 radical (unpaired) electrons. The van der Waals surface area contributed by atoms with Crippen molar-refractivity contribution in [3.05, 3.63) is 30.3 Å². The van der Waals surface area contributed by atoms with Gasteiger partial charge in [0, 0.05) is 11.8 Å². The van der Waals surface area contributed by atoms with Gasteiger partial charge in [-0.15, -0.1) is 11.6 Å². The fourth-order valence-corrected chi connectivity index (χ4v) is 0.922. The minimum atomic E-state index is -0.464. The van der Waals surface area contributed by atoms with Crippen LogP contribution >= 0.6 is 11.6 Å². The number of benzene rings is 1. The Morgan fingerprint density at radius 1 is 1.69 bits per heavy atom. The van der Waals surface area contributed by atoms with Crippen LogP contribution in [0.5, 0.6) is 0 Å². The van der Waals surface area contributed by atoms with Crippen LogP contribution in [0.2, 0.25) is 0 Å². The summed E-state index contributed by atoms with van der Waals surface area (Å²) in [5.41, 5.74) is 0.659. The number of rotatable bonds is 3. The first-order valence-electron chi connectivity index (χ1n) is 4.15. The molecule has 0 aliphatic carbocycles. The largest absolute Gasteiger partial charge is 0.324 e. The molecule has 0 fully saturated rings. The van der Waals surface area contributed by atoms with Crippen LogP contribution in [0, 0.1) is 6.07 Å². The standard InChI is InChI=1S/C10H11ClNO/c1-2-9(11)10(13)12-8-6-4-3-5-7-8/h3-6,9H,2H2,1H3,(H,12,13). The molecule has 69 valence electrons. The quantitative estimate of drug-likeness (QED) is 0.740. The highest BCUT2D eigenvalue weighted by atomic mass is 35.5. The smallest absolute Gasteiger partial charge is 0.242 e. The molecular formula is C10H11ClNO. The van der Waals surface area contributed by atoms with E-state index in [0.29, 0.717) is 12.1 Å². The molecule has 0 heterocycles. The lowest BCUT2D eigenvalue weighted by Crippen LogP contribution is -2.22. The van der Waals surface area contributed by atoms with Gasteiger partial charge in [-0.2, -0.15) is 0 Å². The molecule has 3 heteroatoms. The Hall–Kier alpha value is -1.02. The van der Waals surface area contributed by atoms with E-state index in [0.717, 1.165) is 0 Å². The minimum absolute atomic E-state index is 0.174. The first-order chi connectivity index (χ1) is 6.24. The second kappa shape index (κ2) is 4.87. The van der Waals surface area contributed by atoms with Gasteiger partial charge < -0.3 is 5.32 Å². The van der Waals surface area contributed by atoms with E-state index in [9.17, 15) is 4.79 Å². The molecule has 1 rings (SSSR count). The van der Waals surface area contributed by atoms with Gasteiger partial charge in [-0.05, 0) is 12.5 Å². The minimum Gasteiger partial charge on any atom is -0.324 e. The Morgan fingerprint density at radius 2 is 2.46 bits per heavy atom. The first-order valence-corrected chi connectivity index (χ1v) is 4.59. The Bertz CT molecular complexity index is 274. The molecular weight excluding hydrogens is 186 g/mol. The number of para-hydroxylation sites is 1. The first kappa shape index (κ1) is 10.1. The van der Waals surface area contributed by atoms with Crippen LogP contribution < -0.4 is 5.32 Å². The van der Waals surface area contributed by atoms with Crippen molar-refractivity contribution in [1.82, 2.24) is 0 Å². The summed E-state index contributed by atoms with van der Waals surface area (Å²) in [5, 5.41) is 2.20. The lowest BCUT2D eigenvalue weighted by molar-refractivity contribution is -0.115. The van der Waals surface area contributed by atoms with E-state index in [-0.39, 0.29) is 5.91 Å². The van der Waals surface area contributed by atoms with E-state index in [1.807, 2.05) is 19.1 Å². The molecule has 2 nitrogen and oxygen atoms in total. The molecule has 1 amide bonds. The normalized spacial score (nSPS) is 12.2. The molecule has 1 atom stereocenters. The molecule has 0 bridgehead atoms. The van der Waals surface area contributed by atoms with Gasteiger partial charge in [-0.1, -0.05) is 25.1 Å². The fourth-order valence-electron chi connectivity index (χ4n) is 0.868. The Labute approximate surface area is 82.9 Å². The van der Waals surface area contributed by atoms with E-state index < -0.39 is 5.38 Å². The molecule has 13 heavy (non-hydrogen) atoms. The number of alkyl halides is 1. The van der Waals surface area contributed by atoms with Crippen molar-refractivity contribution in [2.24, 2.45) is 0 Å². The van der Waals surface area contributed by atoms with Crippen LogP contribution in [0.4, 0.5) is 5.69 Å². The number of amides is 1. The topological polar surface area (TPSA) is 29.1 Å². The van der Waals surface area contributed by atoms with Crippen LogP contribution in [-0.2, 0) is 4.79 Å². The summed E-state index contributed by atoms with van der Waals surface area (Å²) in [6.45, 7) is 1.87. The summed E-state index contributed by atoms with van der Waals surface area (Å²) < 4.78 is 0. The number of hydrogen-bond donors (Lipinski definition) is 1.